The quantitative estimate of drug-likeness (QED) is 0.703. The van der Waals surface area contributed by atoms with E-state index in [0.717, 1.165) is 17.2 Å². The van der Waals surface area contributed by atoms with Crippen LogP contribution in [0.5, 0.6) is 0 Å². The predicted octanol–water partition coefficient (Wildman–Crippen LogP) is 3.96. The van der Waals surface area contributed by atoms with Crippen LogP contribution in [0, 0.1) is 0 Å². The first kappa shape index (κ1) is 15.3. The smallest absolute Gasteiger partial charge is 0.398 e. The Morgan fingerprint density at radius 2 is 1.83 bits per heavy atom. The van der Waals surface area contributed by atoms with Gasteiger partial charge in [-0.05, 0) is 34.9 Å². The number of aromatic nitrogens is 1. The molecule has 0 spiro atoms. The normalized spacial score (nSPS) is 11.8. The monoisotopic (exact) mass is 317 g/mol. The van der Waals surface area contributed by atoms with Crippen molar-refractivity contribution < 1.29 is 13.2 Å². The molecule has 3 nitrogen and oxygen atoms in total. The van der Waals surface area contributed by atoms with Crippen LogP contribution in [0.15, 0.2) is 48.7 Å². The molecule has 0 saturated carbocycles. The third-order valence-corrected chi connectivity index (χ3v) is 3.75. The van der Waals surface area contributed by atoms with E-state index in [1.807, 2.05) is 0 Å². The van der Waals surface area contributed by atoms with E-state index >= 15 is 0 Å². The lowest BCUT2D eigenvalue weighted by atomic mass is 9.97. The third-order valence-electron chi connectivity index (χ3n) is 3.75. The summed E-state index contributed by atoms with van der Waals surface area (Å²) in [7, 11) is 0. The average molecular weight is 317 g/mol. The molecular formula is C17H14F3N3. The molecule has 3 rings (SSSR count). The summed E-state index contributed by atoms with van der Waals surface area (Å²) in [5.41, 5.74) is 13.4. The summed E-state index contributed by atoms with van der Waals surface area (Å²) in [6.07, 6.45) is -3.08. The van der Waals surface area contributed by atoms with Crippen molar-refractivity contribution in [3.63, 3.8) is 0 Å². The zero-order valence-corrected chi connectivity index (χ0v) is 12.1. The van der Waals surface area contributed by atoms with Gasteiger partial charge in [0.1, 0.15) is 0 Å². The minimum atomic E-state index is -4.45. The standard InChI is InChI=1S/C17H14F3N3/c18-17(19,20)14-3-1-2-13-12(6-7-23-16(13)14)10-4-5-11(9-21)15(22)8-10/h1-8H,9,21-22H2. The van der Waals surface area contributed by atoms with E-state index in [4.69, 9.17) is 11.5 Å². The van der Waals surface area contributed by atoms with E-state index < -0.39 is 11.7 Å². The van der Waals surface area contributed by atoms with Gasteiger partial charge in [0.15, 0.2) is 0 Å². The van der Waals surface area contributed by atoms with Gasteiger partial charge in [-0.3, -0.25) is 4.98 Å². The van der Waals surface area contributed by atoms with Crippen molar-refractivity contribution in [3.05, 3.63) is 59.8 Å². The van der Waals surface area contributed by atoms with Gasteiger partial charge in [-0.15, -0.1) is 0 Å². The Morgan fingerprint density at radius 1 is 1.04 bits per heavy atom. The largest absolute Gasteiger partial charge is 0.418 e. The number of fused-ring (bicyclic) bond motifs is 1. The number of anilines is 1. The van der Waals surface area contributed by atoms with Crippen LogP contribution in [0.25, 0.3) is 22.0 Å². The molecule has 0 aliphatic heterocycles. The van der Waals surface area contributed by atoms with Crippen molar-refractivity contribution >= 4 is 16.6 Å². The highest BCUT2D eigenvalue weighted by Gasteiger charge is 2.33. The van der Waals surface area contributed by atoms with E-state index in [1.54, 1.807) is 30.3 Å². The van der Waals surface area contributed by atoms with Crippen LogP contribution in [-0.4, -0.2) is 4.98 Å². The number of halogens is 3. The van der Waals surface area contributed by atoms with Gasteiger partial charge in [0.25, 0.3) is 0 Å². The summed E-state index contributed by atoms with van der Waals surface area (Å²) >= 11 is 0. The zero-order chi connectivity index (χ0) is 16.6. The fraction of sp³-hybridized carbons (Fsp3) is 0.118. The first-order chi connectivity index (χ1) is 10.9. The maximum atomic E-state index is 13.1. The Morgan fingerprint density at radius 3 is 2.48 bits per heavy atom. The number of nitrogens with zero attached hydrogens (tertiary/aromatic N) is 1. The molecule has 4 N–H and O–H groups in total. The summed E-state index contributed by atoms with van der Waals surface area (Å²) in [5.74, 6) is 0. The molecule has 0 amide bonds. The predicted molar refractivity (Wildman–Crippen MR) is 84.5 cm³/mol. The summed E-state index contributed by atoms with van der Waals surface area (Å²) in [4.78, 5) is 3.92. The Balaban J connectivity index is 2.25. The van der Waals surface area contributed by atoms with Gasteiger partial charge in [-0.2, -0.15) is 13.2 Å². The number of benzene rings is 2. The maximum absolute atomic E-state index is 13.1. The number of pyridine rings is 1. The van der Waals surface area contributed by atoms with E-state index in [0.29, 0.717) is 23.2 Å². The fourth-order valence-corrected chi connectivity index (χ4v) is 2.60. The molecule has 0 radical (unpaired) electrons. The van der Waals surface area contributed by atoms with Gasteiger partial charge >= 0.3 is 6.18 Å². The molecule has 23 heavy (non-hydrogen) atoms. The Labute approximate surface area is 130 Å². The van der Waals surface area contributed by atoms with Crippen LogP contribution in [0.3, 0.4) is 0 Å². The molecule has 0 fully saturated rings. The van der Waals surface area contributed by atoms with Crippen molar-refractivity contribution in [2.75, 3.05) is 5.73 Å². The van der Waals surface area contributed by atoms with Gasteiger partial charge in [-0.1, -0.05) is 24.3 Å². The number of para-hydroxylation sites is 1. The van der Waals surface area contributed by atoms with Crippen LogP contribution < -0.4 is 11.5 Å². The Hall–Kier alpha value is -2.60. The molecule has 0 aliphatic rings. The molecule has 0 aliphatic carbocycles. The summed E-state index contributed by atoms with van der Waals surface area (Å²) < 4.78 is 39.4. The van der Waals surface area contributed by atoms with E-state index in [2.05, 4.69) is 4.98 Å². The van der Waals surface area contributed by atoms with Crippen LogP contribution in [-0.2, 0) is 12.7 Å². The number of alkyl halides is 3. The molecule has 118 valence electrons. The maximum Gasteiger partial charge on any atom is 0.418 e. The van der Waals surface area contributed by atoms with Gasteiger partial charge in [0.2, 0.25) is 0 Å². The fourth-order valence-electron chi connectivity index (χ4n) is 2.60. The van der Waals surface area contributed by atoms with E-state index in [-0.39, 0.29) is 5.52 Å². The lowest BCUT2D eigenvalue weighted by Crippen LogP contribution is -2.06. The zero-order valence-electron chi connectivity index (χ0n) is 12.1. The summed E-state index contributed by atoms with van der Waals surface area (Å²) in [6, 6.07) is 11.0. The first-order valence-corrected chi connectivity index (χ1v) is 6.95. The molecule has 0 unspecified atom stereocenters. The number of hydrogen-bond donors (Lipinski definition) is 2. The third kappa shape index (κ3) is 2.73. The number of rotatable bonds is 2. The molecule has 3 aromatic rings. The second-order valence-electron chi connectivity index (χ2n) is 5.18. The second-order valence-corrected chi connectivity index (χ2v) is 5.18. The minimum Gasteiger partial charge on any atom is -0.398 e. The highest BCUT2D eigenvalue weighted by atomic mass is 19.4. The average Bonchev–Trinajstić information content (AvgIpc) is 2.52. The van der Waals surface area contributed by atoms with Crippen LogP contribution in [0.2, 0.25) is 0 Å². The molecular weight excluding hydrogens is 303 g/mol. The second kappa shape index (κ2) is 5.55. The van der Waals surface area contributed by atoms with E-state index in [9.17, 15) is 13.2 Å². The SMILES string of the molecule is NCc1ccc(-c2ccnc3c(C(F)(F)F)cccc23)cc1N. The Kier molecular flexibility index (Phi) is 3.69. The molecule has 1 aromatic heterocycles. The Bertz CT molecular complexity index is 873. The lowest BCUT2D eigenvalue weighted by molar-refractivity contribution is -0.136. The van der Waals surface area contributed by atoms with Crippen molar-refractivity contribution in [1.29, 1.82) is 0 Å². The first-order valence-electron chi connectivity index (χ1n) is 6.95. The molecule has 1 heterocycles. The van der Waals surface area contributed by atoms with Crippen molar-refractivity contribution in [3.8, 4) is 11.1 Å². The number of nitrogen functional groups attached to an aromatic ring is 1. The lowest BCUT2D eigenvalue weighted by Gasteiger charge is -2.13. The number of nitrogens with two attached hydrogens (primary N) is 2. The summed E-state index contributed by atoms with van der Waals surface area (Å²) in [6.45, 7) is 0.307. The van der Waals surface area contributed by atoms with Crippen LogP contribution in [0.4, 0.5) is 18.9 Å². The van der Waals surface area contributed by atoms with Crippen molar-refractivity contribution in [2.45, 2.75) is 12.7 Å². The molecule has 0 bridgehead atoms. The van der Waals surface area contributed by atoms with Gasteiger partial charge in [0, 0.05) is 23.8 Å². The molecule has 0 saturated heterocycles. The summed E-state index contributed by atoms with van der Waals surface area (Å²) in [5, 5.41) is 0.433. The number of hydrogen-bond acceptors (Lipinski definition) is 3. The van der Waals surface area contributed by atoms with Crippen LogP contribution in [0.1, 0.15) is 11.1 Å². The van der Waals surface area contributed by atoms with Gasteiger partial charge in [-0.25, -0.2) is 0 Å². The van der Waals surface area contributed by atoms with E-state index in [1.165, 1.54) is 12.3 Å². The highest BCUT2D eigenvalue weighted by molar-refractivity contribution is 5.96. The highest BCUT2D eigenvalue weighted by Crippen LogP contribution is 2.37. The van der Waals surface area contributed by atoms with Crippen LogP contribution >= 0.6 is 0 Å². The topological polar surface area (TPSA) is 64.9 Å². The molecule has 2 aromatic carbocycles. The minimum absolute atomic E-state index is 0.0704. The van der Waals surface area contributed by atoms with Gasteiger partial charge < -0.3 is 11.5 Å². The molecule has 6 heteroatoms. The van der Waals surface area contributed by atoms with Gasteiger partial charge in [0.05, 0.1) is 11.1 Å². The van der Waals surface area contributed by atoms with Crippen molar-refractivity contribution in [1.82, 2.24) is 4.98 Å². The van der Waals surface area contributed by atoms with Crippen molar-refractivity contribution in [2.24, 2.45) is 5.73 Å². The molecule has 0 atom stereocenters.